The number of carboxylic acids is 1. The van der Waals surface area contributed by atoms with Crippen molar-refractivity contribution in [3.8, 4) is 0 Å². The molecule has 0 saturated carbocycles. The van der Waals surface area contributed by atoms with Crippen molar-refractivity contribution in [3.05, 3.63) is 30.1 Å². The van der Waals surface area contributed by atoms with E-state index in [-0.39, 0.29) is 6.54 Å². The molecule has 100 valence electrons. The first-order valence-electron chi connectivity index (χ1n) is 5.18. The Morgan fingerprint density at radius 2 is 2.22 bits per heavy atom. The zero-order valence-corrected chi connectivity index (χ0v) is 9.68. The molecule has 0 aliphatic carbocycles. The first kappa shape index (κ1) is 14.4. The van der Waals surface area contributed by atoms with E-state index < -0.39 is 24.6 Å². The van der Waals surface area contributed by atoms with Gasteiger partial charge in [0.05, 0.1) is 6.42 Å². The summed E-state index contributed by atoms with van der Waals surface area (Å²) in [6.07, 6.45) is -2.58. The fraction of sp³-hybridized carbons (Fsp3) is 0.455. The number of aliphatic carboxylic acids is 1. The van der Waals surface area contributed by atoms with Gasteiger partial charge in [0.1, 0.15) is 6.04 Å². The Bertz CT molecular complexity index is 395. The van der Waals surface area contributed by atoms with E-state index in [0.717, 1.165) is 4.90 Å². The van der Waals surface area contributed by atoms with Gasteiger partial charge in [-0.25, -0.2) is 0 Å². The Balaban J connectivity index is 2.77. The van der Waals surface area contributed by atoms with E-state index in [1.807, 2.05) is 0 Å². The average Bonchev–Trinajstić information content (AvgIpc) is 2.25. The van der Waals surface area contributed by atoms with Crippen LogP contribution in [0.1, 0.15) is 12.0 Å². The van der Waals surface area contributed by atoms with Crippen molar-refractivity contribution in [1.82, 2.24) is 9.88 Å². The Morgan fingerprint density at radius 3 is 2.67 bits per heavy atom. The summed E-state index contributed by atoms with van der Waals surface area (Å²) >= 11 is 0. The largest absolute Gasteiger partial charge is 0.481 e. The molecule has 0 radical (unpaired) electrons. The maximum absolute atomic E-state index is 12.7. The lowest BCUT2D eigenvalue weighted by atomic mass is 10.1. The molecule has 0 bridgehead atoms. The van der Waals surface area contributed by atoms with E-state index in [0.29, 0.717) is 5.56 Å². The summed E-state index contributed by atoms with van der Waals surface area (Å²) in [4.78, 5) is 15.2. The highest BCUT2D eigenvalue weighted by atomic mass is 19.4. The lowest BCUT2D eigenvalue weighted by Gasteiger charge is -2.28. The van der Waals surface area contributed by atoms with E-state index in [4.69, 9.17) is 5.11 Å². The molecule has 1 unspecified atom stereocenters. The van der Waals surface area contributed by atoms with Crippen LogP contribution < -0.4 is 0 Å². The second-order valence-electron chi connectivity index (χ2n) is 3.93. The van der Waals surface area contributed by atoms with Crippen LogP contribution in [0.15, 0.2) is 24.5 Å². The standard InChI is InChI=1S/C11H13F3N2O2/c1-16(7-8-3-2-4-15-6-8)9(5-10(17)18)11(12,13)14/h2-4,6,9H,5,7H2,1H3,(H,17,18). The molecule has 1 aromatic heterocycles. The molecule has 0 aliphatic rings. The fourth-order valence-electron chi connectivity index (χ4n) is 1.58. The summed E-state index contributed by atoms with van der Waals surface area (Å²) in [5.74, 6) is -1.48. The SMILES string of the molecule is CN(Cc1cccnc1)C(CC(=O)O)C(F)(F)F. The molecule has 1 atom stereocenters. The van der Waals surface area contributed by atoms with Crippen LogP contribution in [0.5, 0.6) is 0 Å². The summed E-state index contributed by atoms with van der Waals surface area (Å²) in [5.41, 5.74) is 0.597. The minimum absolute atomic E-state index is 0.00863. The Kier molecular flexibility index (Phi) is 4.66. The van der Waals surface area contributed by atoms with E-state index in [9.17, 15) is 18.0 Å². The number of hydrogen-bond donors (Lipinski definition) is 1. The van der Waals surface area contributed by atoms with Crippen molar-refractivity contribution < 1.29 is 23.1 Å². The maximum Gasteiger partial charge on any atom is 0.404 e. The molecule has 0 aromatic carbocycles. The summed E-state index contributed by atoms with van der Waals surface area (Å²) in [6.45, 7) is -0.00863. The van der Waals surface area contributed by atoms with Gasteiger partial charge in [0.2, 0.25) is 0 Å². The van der Waals surface area contributed by atoms with Crippen LogP contribution in [-0.4, -0.2) is 40.2 Å². The first-order valence-corrected chi connectivity index (χ1v) is 5.18. The zero-order valence-electron chi connectivity index (χ0n) is 9.68. The third kappa shape index (κ3) is 4.33. The van der Waals surface area contributed by atoms with Crippen LogP contribution >= 0.6 is 0 Å². The first-order chi connectivity index (χ1) is 8.30. The van der Waals surface area contributed by atoms with Crippen molar-refractivity contribution in [2.75, 3.05) is 7.05 Å². The number of alkyl halides is 3. The molecular formula is C11H13F3N2O2. The molecule has 0 amide bonds. The number of hydrogen-bond acceptors (Lipinski definition) is 3. The fourth-order valence-corrected chi connectivity index (χ4v) is 1.58. The number of nitrogens with zero attached hydrogens (tertiary/aromatic N) is 2. The van der Waals surface area contributed by atoms with Crippen molar-refractivity contribution >= 4 is 5.97 Å². The number of pyridine rings is 1. The van der Waals surface area contributed by atoms with Crippen LogP contribution in [0.2, 0.25) is 0 Å². The highest BCUT2D eigenvalue weighted by Crippen LogP contribution is 2.27. The Morgan fingerprint density at radius 1 is 1.56 bits per heavy atom. The molecule has 18 heavy (non-hydrogen) atoms. The molecule has 0 spiro atoms. The number of aromatic nitrogens is 1. The third-order valence-corrected chi connectivity index (χ3v) is 2.43. The molecule has 1 N–H and O–H groups in total. The Labute approximate surface area is 102 Å². The number of carbonyl (C=O) groups is 1. The van der Waals surface area contributed by atoms with Crippen LogP contribution in [0.4, 0.5) is 13.2 Å². The summed E-state index contributed by atoms with van der Waals surface area (Å²) in [6, 6.07) is 1.25. The van der Waals surface area contributed by atoms with Gasteiger partial charge in [0, 0.05) is 18.9 Å². The Hall–Kier alpha value is -1.63. The number of carboxylic acid groups (broad SMARTS) is 1. The van der Waals surface area contributed by atoms with Gasteiger partial charge in [-0.15, -0.1) is 0 Å². The number of halogens is 3. The second-order valence-corrected chi connectivity index (χ2v) is 3.93. The van der Waals surface area contributed by atoms with Crippen LogP contribution in [0, 0.1) is 0 Å². The van der Waals surface area contributed by atoms with Crippen LogP contribution in [-0.2, 0) is 11.3 Å². The quantitative estimate of drug-likeness (QED) is 0.880. The summed E-state index contributed by atoms with van der Waals surface area (Å²) < 4.78 is 38.1. The van der Waals surface area contributed by atoms with Gasteiger partial charge in [0.15, 0.2) is 0 Å². The summed E-state index contributed by atoms with van der Waals surface area (Å²) in [7, 11) is 1.24. The minimum Gasteiger partial charge on any atom is -0.481 e. The summed E-state index contributed by atoms with van der Waals surface area (Å²) in [5, 5.41) is 8.52. The molecule has 1 rings (SSSR count). The minimum atomic E-state index is -4.57. The molecule has 0 aliphatic heterocycles. The van der Waals surface area contributed by atoms with Crippen molar-refractivity contribution in [2.45, 2.75) is 25.2 Å². The highest BCUT2D eigenvalue weighted by molar-refractivity contribution is 5.67. The van der Waals surface area contributed by atoms with Gasteiger partial charge in [-0.3, -0.25) is 14.7 Å². The van der Waals surface area contributed by atoms with Gasteiger partial charge in [-0.05, 0) is 18.7 Å². The van der Waals surface area contributed by atoms with E-state index >= 15 is 0 Å². The topological polar surface area (TPSA) is 53.4 Å². The lowest BCUT2D eigenvalue weighted by Crippen LogP contribution is -2.44. The van der Waals surface area contributed by atoms with E-state index in [2.05, 4.69) is 4.98 Å². The van der Waals surface area contributed by atoms with Crippen LogP contribution in [0.25, 0.3) is 0 Å². The number of rotatable bonds is 5. The molecule has 4 nitrogen and oxygen atoms in total. The van der Waals surface area contributed by atoms with Crippen LogP contribution in [0.3, 0.4) is 0 Å². The van der Waals surface area contributed by atoms with Crippen molar-refractivity contribution in [1.29, 1.82) is 0 Å². The second kappa shape index (κ2) is 5.81. The molecule has 0 fully saturated rings. The van der Waals surface area contributed by atoms with Gasteiger partial charge < -0.3 is 5.11 Å². The van der Waals surface area contributed by atoms with E-state index in [1.165, 1.54) is 19.4 Å². The van der Waals surface area contributed by atoms with Gasteiger partial charge in [-0.2, -0.15) is 13.2 Å². The predicted molar refractivity (Wildman–Crippen MR) is 57.8 cm³/mol. The van der Waals surface area contributed by atoms with Gasteiger partial charge >= 0.3 is 12.1 Å². The highest BCUT2D eigenvalue weighted by Gasteiger charge is 2.43. The predicted octanol–water partition coefficient (Wildman–Crippen LogP) is 1.92. The average molecular weight is 262 g/mol. The normalized spacial score (nSPS) is 13.6. The van der Waals surface area contributed by atoms with E-state index in [1.54, 1.807) is 12.1 Å². The van der Waals surface area contributed by atoms with Gasteiger partial charge in [-0.1, -0.05) is 6.07 Å². The van der Waals surface area contributed by atoms with Crippen molar-refractivity contribution in [3.63, 3.8) is 0 Å². The third-order valence-electron chi connectivity index (χ3n) is 2.43. The maximum atomic E-state index is 12.7. The smallest absolute Gasteiger partial charge is 0.404 e. The molecule has 7 heteroatoms. The molecular weight excluding hydrogens is 249 g/mol. The monoisotopic (exact) mass is 262 g/mol. The molecule has 1 aromatic rings. The molecule has 1 heterocycles. The lowest BCUT2D eigenvalue weighted by molar-refractivity contribution is -0.188. The van der Waals surface area contributed by atoms with Gasteiger partial charge in [0.25, 0.3) is 0 Å². The zero-order chi connectivity index (χ0) is 13.8. The molecule has 0 saturated heterocycles. The van der Waals surface area contributed by atoms with Crippen molar-refractivity contribution in [2.24, 2.45) is 0 Å².